The number of carbonyl (C=O) groups is 2. The van der Waals surface area contributed by atoms with Crippen LogP contribution >= 0.6 is 34.9 Å². The lowest BCUT2D eigenvalue weighted by atomic mass is 10.1. The molecule has 1 aliphatic heterocycles. The molecule has 2 amide bonds. The number of carbonyl (C=O) groups excluding carboxylic acids is 2. The number of amides is 2. The molecule has 33 heavy (non-hydrogen) atoms. The van der Waals surface area contributed by atoms with Gasteiger partial charge < -0.3 is 4.74 Å². The maximum atomic E-state index is 13.3. The molecule has 5 rings (SSSR count). The fourth-order valence-corrected chi connectivity index (χ4v) is 6.46. The Morgan fingerprint density at radius 1 is 1.00 bits per heavy atom. The van der Waals surface area contributed by atoms with Crippen molar-refractivity contribution in [3.63, 3.8) is 0 Å². The molecule has 164 valence electrons. The zero-order valence-electron chi connectivity index (χ0n) is 17.7. The number of anilines is 1. The molecule has 2 aromatic heterocycles. The first kappa shape index (κ1) is 21.5. The lowest BCUT2D eigenvalue weighted by molar-refractivity contribution is -0.122. The van der Waals surface area contributed by atoms with Crippen molar-refractivity contribution in [2.75, 3.05) is 4.90 Å². The Kier molecular flexibility index (Phi) is 5.57. The van der Waals surface area contributed by atoms with Gasteiger partial charge >= 0.3 is 0 Å². The Labute approximate surface area is 203 Å². The molecule has 1 fully saturated rings. The number of nitrogens with zero attached hydrogens (tertiary/aromatic N) is 1. The minimum absolute atomic E-state index is 0.0543. The van der Waals surface area contributed by atoms with Gasteiger partial charge in [-0.3, -0.25) is 19.8 Å². The van der Waals surface area contributed by atoms with Gasteiger partial charge in [-0.1, -0.05) is 18.2 Å². The van der Waals surface area contributed by atoms with E-state index in [2.05, 4.69) is 17.6 Å². The van der Waals surface area contributed by atoms with Gasteiger partial charge in [0.2, 0.25) is 0 Å². The number of thiophene rings is 2. The van der Waals surface area contributed by atoms with Gasteiger partial charge in [0, 0.05) is 10.3 Å². The predicted molar refractivity (Wildman–Crippen MR) is 138 cm³/mol. The van der Waals surface area contributed by atoms with Gasteiger partial charge in [0.05, 0.1) is 9.70 Å². The molecule has 1 aliphatic rings. The van der Waals surface area contributed by atoms with E-state index in [1.54, 1.807) is 53.0 Å². The van der Waals surface area contributed by atoms with Gasteiger partial charge in [-0.2, -0.15) is 0 Å². The summed E-state index contributed by atoms with van der Waals surface area (Å²) in [4.78, 5) is 28.2. The number of nitrogens with one attached hydrogen (secondary N) is 1. The van der Waals surface area contributed by atoms with Crippen LogP contribution in [0, 0.1) is 13.8 Å². The fourth-order valence-electron chi connectivity index (χ4n) is 3.69. The average Bonchev–Trinajstić information content (AvgIpc) is 3.32. The van der Waals surface area contributed by atoms with Gasteiger partial charge in [0.15, 0.2) is 5.11 Å². The van der Waals surface area contributed by atoms with Gasteiger partial charge in [-0.25, -0.2) is 0 Å². The van der Waals surface area contributed by atoms with Crippen molar-refractivity contribution in [1.29, 1.82) is 0 Å². The van der Waals surface area contributed by atoms with E-state index in [0.29, 0.717) is 17.2 Å². The Bertz CT molecular complexity index is 1430. The van der Waals surface area contributed by atoms with Crippen LogP contribution in [0.2, 0.25) is 0 Å². The van der Waals surface area contributed by atoms with Crippen molar-refractivity contribution >= 4 is 73.0 Å². The smallest absolute Gasteiger partial charge is 0.270 e. The summed E-state index contributed by atoms with van der Waals surface area (Å²) >= 11 is 8.58. The quantitative estimate of drug-likeness (QED) is 0.210. The van der Waals surface area contributed by atoms with E-state index in [-0.39, 0.29) is 10.7 Å². The third-order valence-corrected chi connectivity index (χ3v) is 8.09. The number of hydrogen-bond donors (Lipinski definition) is 1. The van der Waals surface area contributed by atoms with Crippen LogP contribution in [0.25, 0.3) is 15.5 Å². The molecule has 4 aromatic rings. The average molecular weight is 491 g/mol. The Hall–Kier alpha value is -3.33. The van der Waals surface area contributed by atoms with Crippen LogP contribution in [0.3, 0.4) is 0 Å². The number of ether oxygens (including phenoxy) is 1. The number of thiocarbonyl (C=S) groups is 1. The number of aryl methyl sites for hydroxylation is 2. The summed E-state index contributed by atoms with van der Waals surface area (Å²) in [5, 5.41) is 6.02. The maximum absolute atomic E-state index is 13.3. The van der Waals surface area contributed by atoms with Crippen molar-refractivity contribution in [3.8, 4) is 11.5 Å². The largest absolute Gasteiger partial charge is 0.457 e. The third kappa shape index (κ3) is 3.97. The molecule has 0 spiro atoms. The highest BCUT2D eigenvalue weighted by Crippen LogP contribution is 2.39. The van der Waals surface area contributed by atoms with Gasteiger partial charge in [-0.05, 0) is 85.0 Å². The van der Waals surface area contributed by atoms with Crippen LogP contribution < -0.4 is 15.0 Å². The van der Waals surface area contributed by atoms with Crippen LogP contribution in [0.1, 0.15) is 16.0 Å². The molecule has 0 atom stereocenters. The zero-order valence-corrected chi connectivity index (χ0v) is 20.2. The van der Waals surface area contributed by atoms with E-state index < -0.39 is 11.8 Å². The second kappa shape index (κ2) is 8.55. The SMILES string of the molecule is Cc1csc2sc(C=C3C(=O)NC(=S)N(c4ccc(Oc5ccccc5)cc4)C3=O)c(C)c12. The van der Waals surface area contributed by atoms with Crippen LogP contribution in [0.15, 0.2) is 65.6 Å². The molecule has 0 bridgehead atoms. The van der Waals surface area contributed by atoms with Gasteiger partial charge in [0.1, 0.15) is 17.1 Å². The summed E-state index contributed by atoms with van der Waals surface area (Å²) < 4.78 is 7.00. The van der Waals surface area contributed by atoms with Crippen molar-refractivity contribution < 1.29 is 14.3 Å². The van der Waals surface area contributed by atoms with Gasteiger partial charge in [0.25, 0.3) is 11.8 Å². The molecule has 1 saturated heterocycles. The number of rotatable bonds is 4. The van der Waals surface area contributed by atoms with Crippen LogP contribution in [-0.4, -0.2) is 16.9 Å². The van der Waals surface area contributed by atoms with E-state index >= 15 is 0 Å². The molecule has 0 saturated carbocycles. The maximum Gasteiger partial charge on any atom is 0.270 e. The summed E-state index contributed by atoms with van der Waals surface area (Å²) in [6, 6.07) is 16.4. The number of para-hydroxylation sites is 1. The first-order valence-corrected chi connectivity index (χ1v) is 12.2. The van der Waals surface area contributed by atoms with E-state index in [1.165, 1.54) is 19.9 Å². The molecule has 0 radical (unpaired) electrons. The van der Waals surface area contributed by atoms with E-state index in [1.807, 2.05) is 37.3 Å². The molecule has 0 unspecified atom stereocenters. The van der Waals surface area contributed by atoms with E-state index in [9.17, 15) is 9.59 Å². The lowest BCUT2D eigenvalue weighted by Crippen LogP contribution is -2.54. The summed E-state index contributed by atoms with van der Waals surface area (Å²) in [5.74, 6) is 0.407. The second-order valence-electron chi connectivity index (χ2n) is 7.54. The fraction of sp³-hybridized carbons (Fsp3) is 0.0800. The molecule has 5 nitrogen and oxygen atoms in total. The monoisotopic (exact) mass is 490 g/mol. The van der Waals surface area contributed by atoms with E-state index in [4.69, 9.17) is 17.0 Å². The first-order valence-electron chi connectivity index (χ1n) is 10.1. The zero-order chi connectivity index (χ0) is 23.1. The molecule has 0 aliphatic carbocycles. The Morgan fingerprint density at radius 3 is 2.39 bits per heavy atom. The normalized spacial score (nSPS) is 15.4. The topological polar surface area (TPSA) is 58.6 Å². The van der Waals surface area contributed by atoms with Crippen LogP contribution in [-0.2, 0) is 9.59 Å². The molecular formula is C25H18N2O3S3. The highest BCUT2D eigenvalue weighted by Gasteiger charge is 2.34. The molecule has 1 N–H and O–H groups in total. The van der Waals surface area contributed by atoms with Crippen molar-refractivity contribution in [2.45, 2.75) is 13.8 Å². The second-order valence-corrected chi connectivity index (χ2v) is 10.1. The van der Waals surface area contributed by atoms with E-state index in [0.717, 1.165) is 10.4 Å². The first-order chi connectivity index (χ1) is 15.9. The summed E-state index contributed by atoms with van der Waals surface area (Å²) in [5.41, 5.74) is 2.89. The standard InChI is InChI=1S/C25H18N2O3S3/c1-14-13-32-24-21(14)15(2)20(33-24)12-19-22(28)26-25(31)27(23(19)29)16-8-10-18(11-9-16)30-17-6-4-3-5-7-17/h3-13H,1-2H3,(H,26,28,31). The molecular weight excluding hydrogens is 472 g/mol. The summed E-state index contributed by atoms with van der Waals surface area (Å²) in [7, 11) is 0. The molecule has 2 aromatic carbocycles. The highest BCUT2D eigenvalue weighted by molar-refractivity contribution is 7.80. The Morgan fingerprint density at radius 2 is 1.70 bits per heavy atom. The van der Waals surface area contributed by atoms with Crippen molar-refractivity contribution in [1.82, 2.24) is 5.32 Å². The number of fused-ring (bicyclic) bond motifs is 1. The van der Waals surface area contributed by atoms with Gasteiger partial charge in [-0.15, -0.1) is 22.7 Å². The third-order valence-electron chi connectivity index (χ3n) is 5.34. The predicted octanol–water partition coefficient (Wildman–Crippen LogP) is 6.20. The Balaban J connectivity index is 1.45. The summed E-state index contributed by atoms with van der Waals surface area (Å²) in [6.45, 7) is 4.09. The van der Waals surface area contributed by atoms with Crippen LogP contribution in [0.4, 0.5) is 5.69 Å². The molecule has 8 heteroatoms. The van der Waals surface area contributed by atoms with Crippen molar-refractivity contribution in [2.24, 2.45) is 0 Å². The minimum atomic E-state index is -0.488. The lowest BCUT2D eigenvalue weighted by Gasteiger charge is -2.29. The number of hydrogen-bond acceptors (Lipinski definition) is 6. The van der Waals surface area contributed by atoms with Crippen molar-refractivity contribution in [3.05, 3.63) is 81.6 Å². The molecule has 3 heterocycles. The van der Waals surface area contributed by atoms with Crippen LogP contribution in [0.5, 0.6) is 11.5 Å². The summed E-state index contributed by atoms with van der Waals surface area (Å²) in [6.07, 6.45) is 1.67. The number of benzene rings is 2. The highest BCUT2D eigenvalue weighted by atomic mass is 32.2. The minimum Gasteiger partial charge on any atom is -0.457 e.